The van der Waals surface area contributed by atoms with Crippen LogP contribution in [0.5, 0.6) is 0 Å². The maximum absolute atomic E-state index is 10.9. The highest BCUT2D eigenvalue weighted by Gasteiger charge is 2.07. The molecule has 0 aromatic heterocycles. The Balaban J connectivity index is 2.93. The van der Waals surface area contributed by atoms with Crippen molar-refractivity contribution in [1.29, 1.82) is 0 Å². The number of amides is 2. The van der Waals surface area contributed by atoms with Gasteiger partial charge >= 0.3 is 0 Å². The van der Waals surface area contributed by atoms with Gasteiger partial charge in [0, 0.05) is 29.8 Å². The van der Waals surface area contributed by atoms with Crippen LogP contribution in [0, 0.1) is 0 Å². The summed E-state index contributed by atoms with van der Waals surface area (Å²) in [5.41, 5.74) is 1.96. The summed E-state index contributed by atoms with van der Waals surface area (Å²) in [6.07, 6.45) is 0.622. The van der Waals surface area contributed by atoms with Gasteiger partial charge in [0.25, 0.3) is 0 Å². The van der Waals surface area contributed by atoms with Crippen LogP contribution in [0.3, 0.4) is 0 Å². The molecule has 0 aliphatic rings. The molecule has 4 nitrogen and oxygen atoms in total. The lowest BCUT2D eigenvalue weighted by molar-refractivity contribution is -0.117. The predicted molar refractivity (Wildman–Crippen MR) is 67.2 cm³/mol. The summed E-state index contributed by atoms with van der Waals surface area (Å²) in [7, 11) is 0. The lowest BCUT2D eigenvalue weighted by Crippen LogP contribution is -2.18. The molecule has 0 spiro atoms. The summed E-state index contributed by atoms with van der Waals surface area (Å²) in [5, 5.41) is 5.62. The summed E-state index contributed by atoms with van der Waals surface area (Å²) < 4.78 is 0. The van der Waals surface area contributed by atoms with Crippen molar-refractivity contribution in [2.45, 2.75) is 13.5 Å². The molecule has 0 saturated carbocycles. The maximum atomic E-state index is 10.9. The van der Waals surface area contributed by atoms with Crippen LogP contribution in [0.1, 0.15) is 18.1 Å². The molecule has 0 aliphatic carbocycles. The van der Waals surface area contributed by atoms with Crippen molar-refractivity contribution < 1.29 is 9.59 Å². The van der Waals surface area contributed by atoms with Crippen molar-refractivity contribution in [2.24, 2.45) is 0 Å². The van der Waals surface area contributed by atoms with Crippen LogP contribution in [0.25, 0.3) is 5.70 Å². The Morgan fingerprint density at radius 1 is 1.53 bits per heavy atom. The summed E-state index contributed by atoms with van der Waals surface area (Å²) in [6, 6.07) is 5.27. The quantitative estimate of drug-likeness (QED) is 0.784. The molecule has 17 heavy (non-hydrogen) atoms. The molecule has 2 amide bonds. The molecule has 0 unspecified atom stereocenters. The van der Waals surface area contributed by atoms with E-state index in [4.69, 9.17) is 11.6 Å². The first-order chi connectivity index (χ1) is 8.04. The fourth-order valence-electron chi connectivity index (χ4n) is 1.35. The summed E-state index contributed by atoms with van der Waals surface area (Å²) in [6.45, 7) is 5.54. The van der Waals surface area contributed by atoms with Gasteiger partial charge < -0.3 is 10.6 Å². The molecule has 0 atom stereocenters. The van der Waals surface area contributed by atoms with Crippen molar-refractivity contribution in [1.82, 2.24) is 10.6 Å². The third kappa shape index (κ3) is 3.92. The second-order valence-corrected chi connectivity index (χ2v) is 3.88. The molecule has 0 aliphatic heterocycles. The molecule has 90 valence electrons. The van der Waals surface area contributed by atoms with Gasteiger partial charge in [-0.25, -0.2) is 0 Å². The van der Waals surface area contributed by atoms with Gasteiger partial charge in [0.15, 0.2) is 0 Å². The van der Waals surface area contributed by atoms with E-state index in [1.54, 1.807) is 18.2 Å². The highest BCUT2D eigenvalue weighted by Crippen LogP contribution is 2.22. The predicted octanol–water partition coefficient (Wildman–Crippen LogP) is 1.69. The van der Waals surface area contributed by atoms with Crippen LogP contribution in [-0.2, 0) is 16.1 Å². The number of carbonyl (C=O) groups is 2. The zero-order valence-electron chi connectivity index (χ0n) is 9.42. The van der Waals surface area contributed by atoms with Crippen LogP contribution in [0.2, 0.25) is 5.02 Å². The van der Waals surface area contributed by atoms with Crippen molar-refractivity contribution >= 4 is 29.6 Å². The maximum Gasteiger partial charge on any atom is 0.221 e. The topological polar surface area (TPSA) is 58.2 Å². The molecular weight excluding hydrogens is 240 g/mol. The zero-order valence-corrected chi connectivity index (χ0v) is 10.2. The Morgan fingerprint density at radius 2 is 2.24 bits per heavy atom. The molecule has 0 radical (unpaired) electrons. The molecule has 1 aromatic carbocycles. The van der Waals surface area contributed by atoms with E-state index < -0.39 is 0 Å². The summed E-state index contributed by atoms with van der Waals surface area (Å²) >= 11 is 6.01. The van der Waals surface area contributed by atoms with Gasteiger partial charge in [-0.15, -0.1) is 0 Å². The number of hydrogen-bond donors (Lipinski definition) is 2. The zero-order chi connectivity index (χ0) is 12.8. The average molecular weight is 253 g/mol. The standard InChI is InChI=1S/C12H13ClN2O2/c1-8(15-9(2)17)11-5-10(6-14-7-16)3-4-12(11)13/h3-5,7H,1,6H2,2H3,(H,14,16)(H,15,17). The Hall–Kier alpha value is -1.81. The average Bonchev–Trinajstić information content (AvgIpc) is 2.27. The van der Waals surface area contributed by atoms with E-state index in [1.807, 2.05) is 0 Å². The summed E-state index contributed by atoms with van der Waals surface area (Å²) in [5.74, 6) is -0.206. The van der Waals surface area contributed by atoms with E-state index >= 15 is 0 Å². The molecule has 1 rings (SSSR count). The van der Waals surface area contributed by atoms with Crippen molar-refractivity contribution in [2.75, 3.05) is 0 Å². The number of carbonyl (C=O) groups excluding carboxylic acids is 2. The van der Waals surface area contributed by atoms with Crippen molar-refractivity contribution in [3.63, 3.8) is 0 Å². The fraction of sp³-hybridized carbons (Fsp3) is 0.167. The molecule has 0 fully saturated rings. The van der Waals surface area contributed by atoms with Gasteiger partial charge in [-0.2, -0.15) is 0 Å². The van der Waals surface area contributed by atoms with Gasteiger partial charge in [-0.3, -0.25) is 9.59 Å². The number of benzene rings is 1. The monoisotopic (exact) mass is 252 g/mol. The first-order valence-corrected chi connectivity index (χ1v) is 5.34. The van der Waals surface area contributed by atoms with Gasteiger partial charge in [-0.05, 0) is 17.7 Å². The lowest BCUT2D eigenvalue weighted by atomic mass is 10.1. The first kappa shape index (κ1) is 13.3. The molecule has 0 bridgehead atoms. The minimum Gasteiger partial charge on any atom is -0.355 e. The molecular formula is C12H13ClN2O2. The Bertz CT molecular complexity index is 458. The molecule has 0 heterocycles. The van der Waals surface area contributed by atoms with Crippen LogP contribution >= 0.6 is 11.6 Å². The van der Waals surface area contributed by atoms with Crippen molar-refractivity contribution in [3.05, 3.63) is 40.9 Å². The second-order valence-electron chi connectivity index (χ2n) is 3.47. The van der Waals surface area contributed by atoms with Gasteiger partial charge in [0.1, 0.15) is 0 Å². The highest BCUT2D eigenvalue weighted by molar-refractivity contribution is 6.32. The third-order valence-electron chi connectivity index (χ3n) is 2.07. The molecule has 5 heteroatoms. The largest absolute Gasteiger partial charge is 0.355 e. The number of halogens is 1. The van der Waals surface area contributed by atoms with Gasteiger partial charge in [0.05, 0.1) is 0 Å². The minimum atomic E-state index is -0.206. The SMILES string of the molecule is C=C(NC(C)=O)c1cc(CNC=O)ccc1Cl. The lowest BCUT2D eigenvalue weighted by Gasteiger charge is -2.10. The normalized spacial score (nSPS) is 9.53. The Labute approximate surface area is 105 Å². The van der Waals surface area contributed by atoms with Gasteiger partial charge in [-0.1, -0.05) is 24.2 Å². The van der Waals surface area contributed by atoms with Crippen LogP contribution in [0.4, 0.5) is 0 Å². The van der Waals surface area contributed by atoms with E-state index in [1.165, 1.54) is 6.92 Å². The number of nitrogens with one attached hydrogen (secondary N) is 2. The Kier molecular flexibility index (Phi) is 4.72. The number of hydrogen-bond acceptors (Lipinski definition) is 2. The van der Waals surface area contributed by atoms with Crippen LogP contribution in [-0.4, -0.2) is 12.3 Å². The van der Waals surface area contributed by atoms with E-state index in [0.29, 0.717) is 29.2 Å². The number of rotatable bonds is 5. The van der Waals surface area contributed by atoms with E-state index in [0.717, 1.165) is 5.56 Å². The third-order valence-corrected chi connectivity index (χ3v) is 2.40. The van der Waals surface area contributed by atoms with Crippen molar-refractivity contribution in [3.8, 4) is 0 Å². The second kappa shape index (κ2) is 6.06. The Morgan fingerprint density at radius 3 is 2.82 bits per heavy atom. The first-order valence-electron chi connectivity index (χ1n) is 4.97. The van der Waals surface area contributed by atoms with Crippen LogP contribution < -0.4 is 10.6 Å². The van der Waals surface area contributed by atoms with Gasteiger partial charge in [0.2, 0.25) is 12.3 Å². The molecule has 1 aromatic rings. The molecule has 0 saturated heterocycles. The smallest absolute Gasteiger partial charge is 0.221 e. The fourth-order valence-corrected chi connectivity index (χ4v) is 1.58. The van der Waals surface area contributed by atoms with E-state index in [9.17, 15) is 9.59 Å². The van der Waals surface area contributed by atoms with Crippen LogP contribution in [0.15, 0.2) is 24.8 Å². The van der Waals surface area contributed by atoms with E-state index in [2.05, 4.69) is 17.2 Å². The summed E-state index contributed by atoms with van der Waals surface area (Å²) in [4.78, 5) is 21.1. The molecule has 2 N–H and O–H groups in total. The van der Waals surface area contributed by atoms with E-state index in [-0.39, 0.29) is 5.91 Å². The minimum absolute atomic E-state index is 0.206. The highest BCUT2D eigenvalue weighted by atomic mass is 35.5.